The minimum atomic E-state index is 0.476. The highest BCUT2D eigenvalue weighted by Crippen LogP contribution is 2.16. The second-order valence-electron chi connectivity index (χ2n) is 4.71. The van der Waals surface area contributed by atoms with E-state index in [1.54, 1.807) is 4.52 Å². The molecule has 1 aromatic carbocycles. The predicted molar refractivity (Wildman–Crippen MR) is 70.3 cm³/mol. The maximum Gasteiger partial charge on any atom is 0.179 e. The van der Waals surface area contributed by atoms with Gasteiger partial charge in [-0.15, -0.1) is 5.10 Å². The maximum atomic E-state index is 4.02. The Balaban J connectivity index is 2.08. The molecule has 0 aliphatic carbocycles. The summed E-state index contributed by atoms with van der Waals surface area (Å²) < 4.78 is 1.77. The molecule has 0 unspecified atom stereocenters. The molecular formula is C13H15N5. The van der Waals surface area contributed by atoms with Gasteiger partial charge in [0.15, 0.2) is 5.65 Å². The van der Waals surface area contributed by atoms with Gasteiger partial charge in [0, 0.05) is 18.0 Å². The largest absolute Gasteiger partial charge is 0.310 e. The van der Waals surface area contributed by atoms with Gasteiger partial charge in [-0.25, -0.2) is 0 Å². The van der Waals surface area contributed by atoms with E-state index < -0.39 is 0 Å². The molecule has 0 saturated carbocycles. The Labute approximate surface area is 105 Å². The molecule has 3 aromatic rings. The summed E-state index contributed by atoms with van der Waals surface area (Å²) in [5.41, 5.74) is 3.05. The van der Waals surface area contributed by atoms with Gasteiger partial charge < -0.3 is 5.32 Å². The molecule has 3 rings (SSSR count). The first-order valence-corrected chi connectivity index (χ1v) is 6.07. The molecule has 0 fully saturated rings. The van der Waals surface area contributed by atoms with E-state index in [4.69, 9.17) is 0 Å². The van der Waals surface area contributed by atoms with E-state index in [-0.39, 0.29) is 0 Å². The van der Waals surface area contributed by atoms with Gasteiger partial charge in [-0.05, 0) is 34.2 Å². The fraction of sp³-hybridized carbons (Fsp3) is 0.308. The Morgan fingerprint density at radius 2 is 2.06 bits per heavy atom. The van der Waals surface area contributed by atoms with Gasteiger partial charge in [-0.1, -0.05) is 26.0 Å². The van der Waals surface area contributed by atoms with E-state index in [2.05, 4.69) is 52.9 Å². The van der Waals surface area contributed by atoms with Crippen molar-refractivity contribution in [2.45, 2.75) is 26.4 Å². The quantitative estimate of drug-likeness (QED) is 0.759. The molecule has 2 aromatic heterocycles. The summed E-state index contributed by atoms with van der Waals surface area (Å²) in [4.78, 5) is 0. The van der Waals surface area contributed by atoms with Gasteiger partial charge in [0.2, 0.25) is 0 Å². The van der Waals surface area contributed by atoms with Crippen LogP contribution in [0.4, 0.5) is 0 Å². The minimum Gasteiger partial charge on any atom is -0.310 e. The number of pyridine rings is 1. The molecule has 2 heterocycles. The molecule has 5 nitrogen and oxygen atoms in total. The summed E-state index contributed by atoms with van der Waals surface area (Å²) in [6.07, 6.45) is 0. The molecule has 5 heteroatoms. The van der Waals surface area contributed by atoms with E-state index in [1.807, 2.05) is 12.1 Å². The molecule has 18 heavy (non-hydrogen) atoms. The summed E-state index contributed by atoms with van der Waals surface area (Å²) in [6.45, 7) is 5.13. The van der Waals surface area contributed by atoms with Crippen molar-refractivity contribution in [2.24, 2.45) is 0 Å². The number of hydrogen-bond donors (Lipinski definition) is 1. The molecule has 0 bridgehead atoms. The molecule has 0 aliphatic heterocycles. The van der Waals surface area contributed by atoms with Crippen LogP contribution in [0, 0.1) is 0 Å². The van der Waals surface area contributed by atoms with Crippen LogP contribution in [0.1, 0.15) is 19.4 Å². The lowest BCUT2D eigenvalue weighted by Crippen LogP contribution is -2.21. The molecule has 0 atom stereocenters. The summed E-state index contributed by atoms with van der Waals surface area (Å²) in [5.74, 6) is 0. The van der Waals surface area contributed by atoms with Crippen molar-refractivity contribution in [2.75, 3.05) is 0 Å². The second kappa shape index (κ2) is 4.34. The lowest BCUT2D eigenvalue weighted by molar-refractivity contribution is 0.589. The number of nitrogens with zero attached hydrogens (tertiary/aromatic N) is 4. The van der Waals surface area contributed by atoms with E-state index >= 15 is 0 Å². The summed E-state index contributed by atoms with van der Waals surface area (Å²) >= 11 is 0. The van der Waals surface area contributed by atoms with Crippen LogP contribution in [0.5, 0.6) is 0 Å². The van der Waals surface area contributed by atoms with Gasteiger partial charge in [-0.3, -0.25) is 0 Å². The molecule has 0 amide bonds. The Kier molecular flexibility index (Phi) is 2.68. The number of rotatable bonds is 3. The Bertz CT molecular complexity index is 686. The molecule has 92 valence electrons. The average molecular weight is 241 g/mol. The van der Waals surface area contributed by atoms with E-state index in [0.717, 1.165) is 23.1 Å². The fourth-order valence-electron chi connectivity index (χ4n) is 1.98. The first-order chi connectivity index (χ1) is 8.74. The zero-order valence-electron chi connectivity index (χ0n) is 10.5. The highest BCUT2D eigenvalue weighted by Gasteiger charge is 2.04. The first kappa shape index (κ1) is 11.1. The Morgan fingerprint density at radius 3 is 2.89 bits per heavy atom. The molecule has 0 radical (unpaired) electrons. The number of benzene rings is 1. The molecule has 0 aliphatic rings. The Hall–Kier alpha value is -2.01. The van der Waals surface area contributed by atoms with Gasteiger partial charge in [-0.2, -0.15) is 4.52 Å². The number of tetrazole rings is 1. The highest BCUT2D eigenvalue weighted by molar-refractivity contribution is 5.81. The van der Waals surface area contributed by atoms with Crippen LogP contribution in [-0.4, -0.2) is 26.1 Å². The lowest BCUT2D eigenvalue weighted by Gasteiger charge is -2.09. The zero-order chi connectivity index (χ0) is 12.5. The highest BCUT2D eigenvalue weighted by atomic mass is 15.5. The van der Waals surface area contributed by atoms with E-state index in [9.17, 15) is 0 Å². The predicted octanol–water partition coefficient (Wildman–Crippen LogP) is 1.78. The normalized spacial score (nSPS) is 11.7. The summed E-state index contributed by atoms with van der Waals surface area (Å²) in [6, 6.07) is 10.8. The second-order valence-corrected chi connectivity index (χ2v) is 4.71. The van der Waals surface area contributed by atoms with Crippen molar-refractivity contribution < 1.29 is 0 Å². The van der Waals surface area contributed by atoms with Crippen molar-refractivity contribution in [3.63, 3.8) is 0 Å². The van der Waals surface area contributed by atoms with Crippen LogP contribution in [0.3, 0.4) is 0 Å². The van der Waals surface area contributed by atoms with Crippen LogP contribution < -0.4 is 5.32 Å². The summed E-state index contributed by atoms with van der Waals surface area (Å²) in [5, 5.41) is 16.2. The smallest absolute Gasteiger partial charge is 0.179 e. The third kappa shape index (κ3) is 1.93. The third-order valence-corrected chi connectivity index (χ3v) is 2.94. The zero-order valence-corrected chi connectivity index (χ0v) is 10.5. The van der Waals surface area contributed by atoms with E-state index in [0.29, 0.717) is 6.04 Å². The van der Waals surface area contributed by atoms with Gasteiger partial charge >= 0.3 is 0 Å². The van der Waals surface area contributed by atoms with E-state index in [1.165, 1.54) is 5.56 Å². The van der Waals surface area contributed by atoms with Crippen molar-refractivity contribution in [3.8, 4) is 0 Å². The van der Waals surface area contributed by atoms with Crippen molar-refractivity contribution in [1.29, 1.82) is 0 Å². The first-order valence-electron chi connectivity index (χ1n) is 6.07. The number of aromatic nitrogens is 4. The molecular weight excluding hydrogens is 226 g/mol. The van der Waals surface area contributed by atoms with Gasteiger partial charge in [0.1, 0.15) is 0 Å². The van der Waals surface area contributed by atoms with Crippen molar-refractivity contribution in [3.05, 3.63) is 35.9 Å². The van der Waals surface area contributed by atoms with Crippen molar-refractivity contribution >= 4 is 16.6 Å². The van der Waals surface area contributed by atoms with Crippen LogP contribution >= 0.6 is 0 Å². The minimum absolute atomic E-state index is 0.476. The summed E-state index contributed by atoms with van der Waals surface area (Å²) in [7, 11) is 0. The monoisotopic (exact) mass is 241 g/mol. The fourth-order valence-corrected chi connectivity index (χ4v) is 1.98. The number of hydrogen-bond acceptors (Lipinski definition) is 4. The molecule has 0 spiro atoms. The van der Waals surface area contributed by atoms with Crippen LogP contribution in [-0.2, 0) is 6.54 Å². The topological polar surface area (TPSA) is 55.1 Å². The van der Waals surface area contributed by atoms with Crippen molar-refractivity contribution in [1.82, 2.24) is 25.4 Å². The molecule has 1 N–H and O–H groups in total. The lowest BCUT2D eigenvalue weighted by atomic mass is 10.1. The van der Waals surface area contributed by atoms with Crippen LogP contribution in [0.25, 0.3) is 16.6 Å². The Morgan fingerprint density at radius 1 is 1.22 bits per heavy atom. The number of nitrogens with one attached hydrogen (secondary N) is 1. The maximum absolute atomic E-state index is 4.02. The number of fused-ring (bicyclic) bond motifs is 3. The SMILES string of the molecule is CC(C)NCc1ccc2ccc3nnnn3c2c1. The van der Waals surface area contributed by atoms with Crippen LogP contribution in [0.2, 0.25) is 0 Å². The third-order valence-electron chi connectivity index (χ3n) is 2.94. The van der Waals surface area contributed by atoms with Gasteiger partial charge in [0.25, 0.3) is 0 Å². The average Bonchev–Trinajstić information content (AvgIpc) is 2.84. The van der Waals surface area contributed by atoms with Gasteiger partial charge in [0.05, 0.1) is 5.52 Å². The standard InChI is InChI=1S/C13H15N5/c1-9(2)14-8-10-3-4-11-5-6-13-15-16-17-18(13)12(11)7-10/h3-7,9,14H,8H2,1-2H3. The van der Waals surface area contributed by atoms with Crippen LogP contribution in [0.15, 0.2) is 30.3 Å². The molecule has 0 saturated heterocycles.